The minimum atomic E-state index is -0.572. The zero-order chi connectivity index (χ0) is 23.6. The molecule has 2 aromatic rings. The summed E-state index contributed by atoms with van der Waals surface area (Å²) in [4.78, 5) is 27.9. The van der Waals surface area contributed by atoms with Crippen LogP contribution in [0.2, 0.25) is 5.02 Å². The van der Waals surface area contributed by atoms with Crippen LogP contribution in [0.4, 0.5) is 0 Å². The summed E-state index contributed by atoms with van der Waals surface area (Å²) in [5.74, 6) is 1.64. The molecule has 0 bridgehead atoms. The predicted octanol–water partition coefficient (Wildman–Crippen LogP) is 5.45. The molecule has 0 radical (unpaired) electrons. The Labute approximate surface area is 206 Å². The van der Waals surface area contributed by atoms with Gasteiger partial charge in [0.25, 0.3) is 0 Å². The van der Waals surface area contributed by atoms with E-state index in [0.717, 1.165) is 42.6 Å². The summed E-state index contributed by atoms with van der Waals surface area (Å²) < 4.78 is 5.20. The van der Waals surface area contributed by atoms with E-state index in [0.29, 0.717) is 17.3 Å². The molecule has 7 heteroatoms. The average molecular weight is 489 g/mol. The first-order valence-corrected chi connectivity index (χ1v) is 13.0. The smallest absolute Gasteiger partial charge is 0.242 e. The van der Waals surface area contributed by atoms with E-state index in [2.05, 4.69) is 5.32 Å². The number of methoxy groups -OCH3 is 1. The summed E-state index contributed by atoms with van der Waals surface area (Å²) in [6, 6.07) is 14.9. The first-order chi connectivity index (χ1) is 16.0. The fourth-order valence-corrected chi connectivity index (χ4v) is 5.09. The Bertz CT molecular complexity index is 916. The number of nitrogens with zero attached hydrogens (tertiary/aromatic N) is 1. The molecule has 0 spiro atoms. The Hall–Kier alpha value is -2.18. The molecule has 0 aliphatic heterocycles. The molecule has 2 aromatic carbocycles. The van der Waals surface area contributed by atoms with Crippen molar-refractivity contribution >= 4 is 35.2 Å². The number of ether oxygens (including phenoxy) is 1. The number of amides is 2. The predicted molar refractivity (Wildman–Crippen MR) is 136 cm³/mol. The number of thioether (sulfide) groups is 1. The van der Waals surface area contributed by atoms with Crippen molar-refractivity contribution in [3.63, 3.8) is 0 Å². The summed E-state index contributed by atoms with van der Waals surface area (Å²) in [5, 5.41) is 3.76. The molecule has 2 amide bonds. The summed E-state index contributed by atoms with van der Waals surface area (Å²) in [5.41, 5.74) is 1.96. The monoisotopic (exact) mass is 488 g/mol. The zero-order valence-electron chi connectivity index (χ0n) is 19.4. The molecule has 0 aromatic heterocycles. The number of halogens is 1. The molecular formula is C26H33ClN2O3S. The first kappa shape index (κ1) is 25.4. The largest absolute Gasteiger partial charge is 0.497 e. The van der Waals surface area contributed by atoms with Crippen LogP contribution in [0.15, 0.2) is 48.5 Å². The lowest BCUT2D eigenvalue weighted by Gasteiger charge is -2.31. The highest BCUT2D eigenvalue weighted by Gasteiger charge is 2.28. The summed E-state index contributed by atoms with van der Waals surface area (Å²) >= 11 is 7.91. The van der Waals surface area contributed by atoms with Gasteiger partial charge in [-0.2, -0.15) is 0 Å². The van der Waals surface area contributed by atoms with Gasteiger partial charge in [-0.3, -0.25) is 9.59 Å². The van der Waals surface area contributed by atoms with Gasteiger partial charge in [-0.15, -0.1) is 11.8 Å². The average Bonchev–Trinajstić information content (AvgIpc) is 2.84. The van der Waals surface area contributed by atoms with Gasteiger partial charge in [0, 0.05) is 23.4 Å². The van der Waals surface area contributed by atoms with Gasteiger partial charge in [-0.1, -0.05) is 61.2 Å². The van der Waals surface area contributed by atoms with E-state index in [1.54, 1.807) is 18.9 Å². The minimum Gasteiger partial charge on any atom is -0.497 e. The van der Waals surface area contributed by atoms with Crippen molar-refractivity contribution in [3.05, 3.63) is 64.7 Å². The Kier molecular flexibility index (Phi) is 9.95. The van der Waals surface area contributed by atoms with Gasteiger partial charge in [0.2, 0.25) is 11.8 Å². The number of rotatable bonds is 10. The van der Waals surface area contributed by atoms with Crippen LogP contribution in [0.3, 0.4) is 0 Å². The molecule has 5 nitrogen and oxygen atoms in total. The number of carbonyl (C=O) groups excluding carboxylic acids is 2. The Balaban J connectivity index is 1.64. The van der Waals surface area contributed by atoms with E-state index in [1.807, 2.05) is 48.5 Å². The van der Waals surface area contributed by atoms with E-state index in [9.17, 15) is 9.59 Å². The molecule has 0 unspecified atom stereocenters. The lowest BCUT2D eigenvalue weighted by Crippen LogP contribution is -2.50. The Morgan fingerprint density at radius 2 is 1.82 bits per heavy atom. The van der Waals surface area contributed by atoms with Crippen LogP contribution in [-0.2, 0) is 21.9 Å². The van der Waals surface area contributed by atoms with Crippen molar-refractivity contribution in [3.8, 4) is 5.75 Å². The van der Waals surface area contributed by atoms with Gasteiger partial charge in [-0.05, 0) is 49.1 Å². The second-order valence-corrected chi connectivity index (χ2v) is 9.87. The molecule has 0 saturated heterocycles. The first-order valence-electron chi connectivity index (χ1n) is 11.5. The third-order valence-corrected chi connectivity index (χ3v) is 7.43. The number of benzene rings is 2. The molecule has 1 fully saturated rings. The molecule has 0 heterocycles. The SMILES string of the molecule is COc1ccc(CSCC(=O)N(Cc2ccccc2Cl)[C@@H](C)C(=O)NC2CCCCC2)cc1. The molecule has 3 rings (SSSR count). The third-order valence-electron chi connectivity index (χ3n) is 6.07. The van der Waals surface area contributed by atoms with Crippen molar-refractivity contribution in [2.75, 3.05) is 12.9 Å². The molecule has 1 atom stereocenters. The summed E-state index contributed by atoms with van der Waals surface area (Å²) in [6.07, 6.45) is 5.53. The Morgan fingerprint density at radius 3 is 2.48 bits per heavy atom. The topological polar surface area (TPSA) is 58.6 Å². The van der Waals surface area contributed by atoms with Crippen LogP contribution in [0, 0.1) is 0 Å². The number of hydrogen-bond donors (Lipinski definition) is 1. The number of hydrogen-bond acceptors (Lipinski definition) is 4. The standard InChI is InChI=1S/C26H33ClN2O3S/c1-19(26(31)28-22-9-4-3-5-10-22)29(16-21-8-6-7-11-24(21)27)25(30)18-33-17-20-12-14-23(32-2)15-13-20/h6-8,11-15,19,22H,3-5,9-10,16-18H2,1-2H3,(H,28,31)/t19-/m0/s1. The highest BCUT2D eigenvalue weighted by Crippen LogP contribution is 2.22. The molecule has 1 aliphatic carbocycles. The maximum Gasteiger partial charge on any atom is 0.242 e. The van der Waals surface area contributed by atoms with Crippen LogP contribution in [0.25, 0.3) is 0 Å². The van der Waals surface area contributed by atoms with Crippen LogP contribution in [0.5, 0.6) is 5.75 Å². The fourth-order valence-electron chi connectivity index (χ4n) is 4.02. The molecule has 178 valence electrons. The van der Waals surface area contributed by atoms with Gasteiger partial charge in [0.05, 0.1) is 12.9 Å². The third kappa shape index (κ3) is 7.68. The van der Waals surface area contributed by atoms with Crippen molar-refractivity contribution in [2.24, 2.45) is 0 Å². The normalized spacial score (nSPS) is 15.0. The van der Waals surface area contributed by atoms with Crippen molar-refractivity contribution in [1.82, 2.24) is 10.2 Å². The second kappa shape index (κ2) is 12.9. The fraction of sp³-hybridized carbons (Fsp3) is 0.462. The van der Waals surface area contributed by atoms with Crippen molar-refractivity contribution < 1.29 is 14.3 Å². The molecule has 1 saturated carbocycles. The number of carbonyl (C=O) groups is 2. The molecular weight excluding hydrogens is 456 g/mol. The second-order valence-electron chi connectivity index (χ2n) is 8.47. The van der Waals surface area contributed by atoms with Gasteiger partial charge in [0.1, 0.15) is 11.8 Å². The molecule has 33 heavy (non-hydrogen) atoms. The number of nitrogens with one attached hydrogen (secondary N) is 1. The highest BCUT2D eigenvalue weighted by molar-refractivity contribution is 7.99. The van der Waals surface area contributed by atoms with Gasteiger partial charge >= 0.3 is 0 Å². The van der Waals surface area contributed by atoms with E-state index in [1.165, 1.54) is 18.2 Å². The zero-order valence-corrected chi connectivity index (χ0v) is 21.0. The maximum absolute atomic E-state index is 13.2. The van der Waals surface area contributed by atoms with E-state index < -0.39 is 6.04 Å². The minimum absolute atomic E-state index is 0.0697. The van der Waals surface area contributed by atoms with Crippen molar-refractivity contribution in [1.29, 1.82) is 0 Å². The van der Waals surface area contributed by atoms with Crippen LogP contribution in [-0.4, -0.2) is 41.7 Å². The lowest BCUT2D eigenvalue weighted by atomic mass is 9.95. The summed E-state index contributed by atoms with van der Waals surface area (Å²) in [7, 11) is 1.64. The van der Waals surface area contributed by atoms with Gasteiger partial charge in [0.15, 0.2) is 0 Å². The van der Waals surface area contributed by atoms with Crippen LogP contribution >= 0.6 is 23.4 Å². The van der Waals surface area contributed by atoms with Crippen LogP contribution in [0.1, 0.15) is 50.2 Å². The van der Waals surface area contributed by atoms with Crippen molar-refractivity contribution in [2.45, 2.75) is 63.4 Å². The lowest BCUT2D eigenvalue weighted by molar-refractivity contribution is -0.139. The summed E-state index contributed by atoms with van der Waals surface area (Å²) in [6.45, 7) is 2.11. The van der Waals surface area contributed by atoms with Gasteiger partial charge < -0.3 is 15.0 Å². The van der Waals surface area contributed by atoms with E-state index in [-0.39, 0.29) is 23.6 Å². The van der Waals surface area contributed by atoms with Crippen LogP contribution < -0.4 is 10.1 Å². The van der Waals surface area contributed by atoms with E-state index in [4.69, 9.17) is 16.3 Å². The van der Waals surface area contributed by atoms with Gasteiger partial charge in [-0.25, -0.2) is 0 Å². The quantitative estimate of drug-likeness (QED) is 0.483. The Morgan fingerprint density at radius 1 is 1.12 bits per heavy atom. The molecule has 1 N–H and O–H groups in total. The molecule has 1 aliphatic rings. The highest BCUT2D eigenvalue weighted by atomic mass is 35.5. The maximum atomic E-state index is 13.2. The van der Waals surface area contributed by atoms with E-state index >= 15 is 0 Å².